The van der Waals surface area contributed by atoms with E-state index >= 15 is 0 Å². The Bertz CT molecular complexity index is 833. The molecule has 1 saturated heterocycles. The number of halogens is 3. The van der Waals surface area contributed by atoms with Gasteiger partial charge in [-0.05, 0) is 54.6 Å². The third-order valence-electron chi connectivity index (χ3n) is 5.80. The topological polar surface area (TPSA) is 30.5 Å². The van der Waals surface area contributed by atoms with Crippen LogP contribution in [0.2, 0.25) is 0 Å². The van der Waals surface area contributed by atoms with Crippen molar-refractivity contribution in [2.75, 3.05) is 20.8 Å². The minimum atomic E-state index is -4.33. The number of methoxy groups -OCH3 is 2. The van der Waals surface area contributed by atoms with Crippen molar-refractivity contribution in [1.82, 2.24) is 5.32 Å². The lowest BCUT2D eigenvalue weighted by molar-refractivity contribution is -0.137. The SMILES string of the molecule is COc1ccc2c(c1OC)C(c1ccc(C(F)(F)F)cc1)C1CCCNC21. The molecule has 144 valence electrons. The number of benzene rings is 2. The number of rotatable bonds is 3. The Balaban J connectivity index is 1.85. The molecule has 1 fully saturated rings. The first kappa shape index (κ1) is 18.2. The van der Waals surface area contributed by atoms with Gasteiger partial charge >= 0.3 is 6.18 Å². The average molecular weight is 377 g/mol. The third kappa shape index (κ3) is 2.96. The zero-order valence-electron chi connectivity index (χ0n) is 15.3. The molecule has 0 bridgehead atoms. The number of piperidine rings is 1. The fourth-order valence-corrected chi connectivity index (χ4v) is 4.68. The van der Waals surface area contributed by atoms with Crippen molar-refractivity contribution in [1.29, 1.82) is 0 Å². The van der Waals surface area contributed by atoms with Crippen LogP contribution in [0.5, 0.6) is 11.5 Å². The molecule has 1 aliphatic heterocycles. The van der Waals surface area contributed by atoms with Gasteiger partial charge in [0.1, 0.15) is 0 Å². The molecule has 1 N–H and O–H groups in total. The summed E-state index contributed by atoms with van der Waals surface area (Å²) < 4.78 is 50.1. The van der Waals surface area contributed by atoms with Crippen LogP contribution < -0.4 is 14.8 Å². The number of alkyl halides is 3. The predicted molar refractivity (Wildman–Crippen MR) is 96.3 cm³/mol. The molecule has 2 aromatic rings. The van der Waals surface area contributed by atoms with Crippen molar-refractivity contribution in [2.45, 2.75) is 31.0 Å². The van der Waals surface area contributed by atoms with Crippen molar-refractivity contribution in [2.24, 2.45) is 5.92 Å². The van der Waals surface area contributed by atoms with Gasteiger partial charge in [-0.15, -0.1) is 0 Å². The smallest absolute Gasteiger partial charge is 0.416 e. The lowest BCUT2D eigenvalue weighted by atomic mass is 9.80. The van der Waals surface area contributed by atoms with E-state index in [4.69, 9.17) is 9.47 Å². The van der Waals surface area contributed by atoms with E-state index in [2.05, 4.69) is 11.4 Å². The van der Waals surface area contributed by atoms with E-state index in [1.54, 1.807) is 26.4 Å². The van der Waals surface area contributed by atoms with Gasteiger partial charge in [-0.2, -0.15) is 13.2 Å². The standard InChI is InChI=1S/C21H22F3NO2/c1-26-16-10-9-15-18(20(16)27-2)17(14-4-3-11-25-19(14)15)12-5-7-13(8-6-12)21(22,23)24/h5-10,14,17,19,25H,3-4,11H2,1-2H3. The molecular weight excluding hydrogens is 355 g/mol. The van der Waals surface area contributed by atoms with Crippen LogP contribution in [0, 0.1) is 5.92 Å². The number of fused-ring (bicyclic) bond motifs is 3. The van der Waals surface area contributed by atoms with Gasteiger partial charge < -0.3 is 14.8 Å². The second kappa shape index (κ2) is 6.75. The highest BCUT2D eigenvalue weighted by Crippen LogP contribution is 2.56. The molecule has 0 saturated carbocycles. The lowest BCUT2D eigenvalue weighted by Gasteiger charge is -2.31. The van der Waals surface area contributed by atoms with Gasteiger partial charge in [-0.25, -0.2) is 0 Å². The van der Waals surface area contributed by atoms with Crippen LogP contribution >= 0.6 is 0 Å². The van der Waals surface area contributed by atoms with Gasteiger partial charge in [-0.3, -0.25) is 0 Å². The zero-order chi connectivity index (χ0) is 19.2. The highest BCUT2D eigenvalue weighted by atomic mass is 19.4. The summed E-state index contributed by atoms with van der Waals surface area (Å²) in [6.07, 6.45) is -2.27. The van der Waals surface area contributed by atoms with E-state index in [1.807, 2.05) is 6.07 Å². The molecular formula is C21H22F3NO2. The maximum absolute atomic E-state index is 13.0. The summed E-state index contributed by atoms with van der Waals surface area (Å²) in [6, 6.07) is 9.69. The highest BCUT2D eigenvalue weighted by Gasteiger charge is 2.45. The quantitative estimate of drug-likeness (QED) is 0.825. The lowest BCUT2D eigenvalue weighted by Crippen LogP contribution is -2.32. The van der Waals surface area contributed by atoms with E-state index in [9.17, 15) is 13.2 Å². The molecule has 1 aliphatic carbocycles. The highest BCUT2D eigenvalue weighted by molar-refractivity contribution is 5.59. The fourth-order valence-electron chi connectivity index (χ4n) is 4.68. The molecule has 27 heavy (non-hydrogen) atoms. The monoisotopic (exact) mass is 377 g/mol. The van der Waals surface area contributed by atoms with Crippen LogP contribution in [0.25, 0.3) is 0 Å². The predicted octanol–water partition coefficient (Wildman–Crippen LogP) is 4.91. The summed E-state index contributed by atoms with van der Waals surface area (Å²) in [7, 11) is 3.20. The second-order valence-corrected chi connectivity index (χ2v) is 7.14. The molecule has 2 aliphatic rings. The van der Waals surface area contributed by atoms with Crippen molar-refractivity contribution in [3.05, 3.63) is 58.7 Å². The Kier molecular flexibility index (Phi) is 4.54. The van der Waals surface area contributed by atoms with Crippen LogP contribution in [0.15, 0.2) is 36.4 Å². The van der Waals surface area contributed by atoms with Crippen molar-refractivity contribution in [3.63, 3.8) is 0 Å². The second-order valence-electron chi connectivity index (χ2n) is 7.14. The Morgan fingerprint density at radius 3 is 2.37 bits per heavy atom. The average Bonchev–Trinajstić information content (AvgIpc) is 3.01. The van der Waals surface area contributed by atoms with E-state index in [-0.39, 0.29) is 17.9 Å². The first-order valence-corrected chi connectivity index (χ1v) is 9.11. The molecule has 0 amide bonds. The van der Waals surface area contributed by atoms with Gasteiger partial charge in [0.15, 0.2) is 11.5 Å². The minimum Gasteiger partial charge on any atom is -0.493 e. The summed E-state index contributed by atoms with van der Waals surface area (Å²) in [6.45, 7) is 0.939. The molecule has 3 nitrogen and oxygen atoms in total. The molecule has 6 heteroatoms. The van der Waals surface area contributed by atoms with Crippen LogP contribution in [-0.4, -0.2) is 20.8 Å². The fraction of sp³-hybridized carbons (Fsp3) is 0.429. The Hall–Kier alpha value is -2.21. The van der Waals surface area contributed by atoms with Crippen LogP contribution in [0.3, 0.4) is 0 Å². The summed E-state index contributed by atoms with van der Waals surface area (Å²) >= 11 is 0. The van der Waals surface area contributed by atoms with Gasteiger partial charge in [0.2, 0.25) is 0 Å². The van der Waals surface area contributed by atoms with Gasteiger partial charge in [0.25, 0.3) is 0 Å². The molecule has 3 unspecified atom stereocenters. The van der Waals surface area contributed by atoms with Crippen molar-refractivity contribution >= 4 is 0 Å². The molecule has 0 aromatic heterocycles. The van der Waals surface area contributed by atoms with E-state index < -0.39 is 11.7 Å². The van der Waals surface area contributed by atoms with Crippen LogP contribution in [0.1, 0.15) is 47.1 Å². The minimum absolute atomic E-state index is 0.0230. The van der Waals surface area contributed by atoms with Crippen LogP contribution in [-0.2, 0) is 6.18 Å². The Morgan fingerprint density at radius 2 is 1.74 bits per heavy atom. The molecule has 1 heterocycles. The molecule has 2 aromatic carbocycles. The van der Waals surface area contributed by atoms with E-state index in [0.29, 0.717) is 11.5 Å². The normalized spacial score (nSPS) is 24.3. The molecule has 0 spiro atoms. The van der Waals surface area contributed by atoms with Gasteiger partial charge in [-0.1, -0.05) is 18.2 Å². The van der Waals surface area contributed by atoms with Crippen molar-refractivity contribution < 1.29 is 22.6 Å². The first-order chi connectivity index (χ1) is 13.0. The van der Waals surface area contributed by atoms with E-state index in [1.165, 1.54) is 12.1 Å². The number of hydrogen-bond acceptors (Lipinski definition) is 3. The molecule has 0 radical (unpaired) electrons. The van der Waals surface area contributed by atoms with Crippen LogP contribution in [0.4, 0.5) is 13.2 Å². The van der Waals surface area contributed by atoms with Gasteiger partial charge in [0, 0.05) is 17.5 Å². The summed E-state index contributed by atoms with van der Waals surface area (Å²) in [4.78, 5) is 0. The number of nitrogens with one attached hydrogen (secondary N) is 1. The Morgan fingerprint density at radius 1 is 1.00 bits per heavy atom. The third-order valence-corrected chi connectivity index (χ3v) is 5.80. The van der Waals surface area contributed by atoms with E-state index in [0.717, 1.165) is 36.1 Å². The maximum atomic E-state index is 13.0. The van der Waals surface area contributed by atoms with Gasteiger partial charge in [0.05, 0.1) is 19.8 Å². The summed E-state index contributed by atoms with van der Waals surface area (Å²) in [5.41, 5.74) is 2.44. The summed E-state index contributed by atoms with van der Waals surface area (Å²) in [5.74, 6) is 1.58. The summed E-state index contributed by atoms with van der Waals surface area (Å²) in [5, 5.41) is 3.59. The maximum Gasteiger partial charge on any atom is 0.416 e. The first-order valence-electron chi connectivity index (χ1n) is 9.11. The largest absolute Gasteiger partial charge is 0.493 e. The number of ether oxygens (including phenoxy) is 2. The Labute approximate surface area is 156 Å². The number of hydrogen-bond donors (Lipinski definition) is 1. The zero-order valence-corrected chi connectivity index (χ0v) is 15.3. The molecule has 3 atom stereocenters. The molecule has 4 rings (SSSR count). The van der Waals surface area contributed by atoms with Crippen molar-refractivity contribution in [3.8, 4) is 11.5 Å².